The van der Waals surface area contributed by atoms with Gasteiger partial charge in [-0.15, -0.1) is 0 Å². The Balaban J connectivity index is 1.43. The van der Waals surface area contributed by atoms with E-state index in [9.17, 15) is 8.42 Å². The molecule has 1 aromatic rings. The molecule has 1 N–H and O–H groups in total. The second-order valence-corrected chi connectivity index (χ2v) is 10.1. The first-order valence-corrected chi connectivity index (χ1v) is 11.7. The number of sulfonamides is 1. The molecular formula is C18H28N2O2S2. The lowest BCUT2D eigenvalue weighted by atomic mass is 9.96. The Labute approximate surface area is 150 Å². The summed E-state index contributed by atoms with van der Waals surface area (Å²) in [5, 5.41) is 0. The molecule has 0 spiro atoms. The highest BCUT2D eigenvalue weighted by atomic mass is 32.2. The molecule has 0 bridgehead atoms. The van der Waals surface area contributed by atoms with Crippen LogP contribution in [0.1, 0.15) is 30.4 Å². The Morgan fingerprint density at radius 3 is 2.71 bits per heavy atom. The number of piperidine rings is 1. The third-order valence-electron chi connectivity index (χ3n) is 5.10. The monoisotopic (exact) mass is 368 g/mol. The minimum Gasteiger partial charge on any atom is -0.300 e. The highest BCUT2D eigenvalue weighted by Gasteiger charge is 2.27. The lowest BCUT2D eigenvalue weighted by Gasteiger charge is -2.35. The normalized spacial score (nSPS) is 23.6. The number of nitrogens with zero attached hydrogens (tertiary/aromatic N) is 1. The van der Waals surface area contributed by atoms with E-state index in [1.807, 2.05) is 31.2 Å². The summed E-state index contributed by atoms with van der Waals surface area (Å²) in [5.41, 5.74) is 1.95. The average Bonchev–Trinajstić information content (AvgIpc) is 3.08. The Hall–Kier alpha value is -0.560. The summed E-state index contributed by atoms with van der Waals surface area (Å²) in [5.74, 6) is 3.12. The lowest BCUT2D eigenvalue weighted by Crippen LogP contribution is -2.43. The van der Waals surface area contributed by atoms with Gasteiger partial charge in [-0.25, -0.2) is 13.1 Å². The molecule has 0 amide bonds. The molecule has 1 aromatic carbocycles. The first-order valence-electron chi connectivity index (χ1n) is 8.86. The zero-order chi connectivity index (χ0) is 17.0. The number of nitrogens with one attached hydrogen (secondary N) is 1. The highest BCUT2D eigenvalue weighted by molar-refractivity contribution is 7.99. The van der Waals surface area contributed by atoms with E-state index in [-0.39, 0.29) is 5.75 Å². The molecule has 0 aliphatic carbocycles. The van der Waals surface area contributed by atoms with Crippen LogP contribution in [-0.2, 0) is 15.8 Å². The quantitative estimate of drug-likeness (QED) is 0.839. The number of hydrogen-bond donors (Lipinski definition) is 1. The van der Waals surface area contributed by atoms with E-state index in [1.165, 1.54) is 17.9 Å². The van der Waals surface area contributed by atoms with Crippen molar-refractivity contribution in [3.8, 4) is 0 Å². The van der Waals surface area contributed by atoms with Crippen molar-refractivity contribution in [2.24, 2.45) is 5.92 Å². The topological polar surface area (TPSA) is 49.4 Å². The van der Waals surface area contributed by atoms with E-state index in [4.69, 9.17) is 0 Å². The number of likely N-dealkylation sites (tertiary alicyclic amines) is 1. The number of rotatable bonds is 6. The van der Waals surface area contributed by atoms with Crippen LogP contribution in [0.4, 0.5) is 0 Å². The fourth-order valence-corrected chi connectivity index (χ4v) is 6.11. The zero-order valence-corrected chi connectivity index (χ0v) is 16.0. The molecule has 4 nitrogen and oxygen atoms in total. The number of hydrogen-bond acceptors (Lipinski definition) is 4. The molecule has 2 aliphatic rings. The highest BCUT2D eigenvalue weighted by Crippen LogP contribution is 2.26. The van der Waals surface area contributed by atoms with Gasteiger partial charge in [0.15, 0.2) is 0 Å². The summed E-state index contributed by atoms with van der Waals surface area (Å²) in [4.78, 5) is 2.61. The van der Waals surface area contributed by atoms with Crippen molar-refractivity contribution in [2.45, 2.75) is 38.0 Å². The molecule has 24 heavy (non-hydrogen) atoms. The van der Waals surface area contributed by atoms with E-state index in [1.54, 1.807) is 0 Å². The summed E-state index contributed by atoms with van der Waals surface area (Å²) >= 11 is 2.06. The third-order valence-corrected chi connectivity index (χ3v) is 7.57. The molecule has 2 aliphatic heterocycles. The Bertz CT molecular complexity index is 634. The fourth-order valence-electron chi connectivity index (χ4n) is 3.65. The zero-order valence-electron chi connectivity index (χ0n) is 14.4. The summed E-state index contributed by atoms with van der Waals surface area (Å²) in [6.45, 7) is 4.81. The first kappa shape index (κ1) is 18.2. The summed E-state index contributed by atoms with van der Waals surface area (Å²) in [6, 6.07) is 8.48. The van der Waals surface area contributed by atoms with Crippen molar-refractivity contribution in [3.63, 3.8) is 0 Å². The predicted molar refractivity (Wildman–Crippen MR) is 102 cm³/mol. The maximum atomic E-state index is 12.3. The van der Waals surface area contributed by atoms with Crippen molar-refractivity contribution in [1.82, 2.24) is 9.62 Å². The molecular weight excluding hydrogens is 340 g/mol. The van der Waals surface area contributed by atoms with Crippen LogP contribution in [0.3, 0.4) is 0 Å². The maximum absolute atomic E-state index is 12.3. The van der Waals surface area contributed by atoms with Gasteiger partial charge in [-0.05, 0) is 56.5 Å². The van der Waals surface area contributed by atoms with Gasteiger partial charge in [-0.3, -0.25) is 4.90 Å². The Morgan fingerprint density at radius 1 is 1.25 bits per heavy atom. The third kappa shape index (κ3) is 5.22. The first-order chi connectivity index (χ1) is 11.5. The van der Waals surface area contributed by atoms with Crippen molar-refractivity contribution < 1.29 is 8.42 Å². The summed E-state index contributed by atoms with van der Waals surface area (Å²) in [6.07, 6.45) is 3.53. The molecule has 0 radical (unpaired) electrons. The van der Waals surface area contributed by atoms with Crippen molar-refractivity contribution >= 4 is 21.8 Å². The van der Waals surface area contributed by atoms with Crippen molar-refractivity contribution in [3.05, 3.63) is 35.4 Å². The molecule has 1 atom stereocenters. The fraction of sp³-hybridized carbons (Fsp3) is 0.667. The SMILES string of the molecule is Cc1cccc(CS(=O)(=O)NCC2CCN(C3CCSC3)CC2)c1. The minimum atomic E-state index is -3.25. The van der Waals surface area contributed by atoms with Crippen LogP contribution in [0.5, 0.6) is 0 Å². The molecule has 0 aromatic heterocycles. The average molecular weight is 369 g/mol. The molecule has 3 rings (SSSR count). The number of aryl methyl sites for hydroxylation is 1. The van der Waals surface area contributed by atoms with Crippen molar-refractivity contribution in [1.29, 1.82) is 0 Å². The second-order valence-electron chi connectivity index (χ2n) is 7.09. The number of benzene rings is 1. The molecule has 6 heteroatoms. The summed E-state index contributed by atoms with van der Waals surface area (Å²) < 4.78 is 27.4. The molecule has 2 saturated heterocycles. The van der Waals surface area contributed by atoms with Crippen LogP contribution in [0.15, 0.2) is 24.3 Å². The van der Waals surface area contributed by atoms with Gasteiger partial charge in [0.05, 0.1) is 5.75 Å². The van der Waals surface area contributed by atoms with E-state index in [0.29, 0.717) is 12.5 Å². The smallest absolute Gasteiger partial charge is 0.215 e. The molecule has 134 valence electrons. The predicted octanol–water partition coefficient (Wildman–Crippen LogP) is 2.63. The van der Waals surface area contributed by atoms with Gasteiger partial charge in [0.2, 0.25) is 10.0 Å². The molecule has 2 fully saturated rings. The molecule has 2 heterocycles. The Morgan fingerprint density at radius 2 is 2.04 bits per heavy atom. The molecule has 0 saturated carbocycles. The van der Waals surface area contributed by atoms with E-state index >= 15 is 0 Å². The van der Waals surface area contributed by atoms with Gasteiger partial charge < -0.3 is 0 Å². The van der Waals surface area contributed by atoms with Gasteiger partial charge in [-0.1, -0.05) is 29.8 Å². The van der Waals surface area contributed by atoms with Gasteiger partial charge in [-0.2, -0.15) is 11.8 Å². The lowest BCUT2D eigenvalue weighted by molar-refractivity contribution is 0.145. The van der Waals surface area contributed by atoms with Crippen LogP contribution in [0.2, 0.25) is 0 Å². The minimum absolute atomic E-state index is 0.0762. The van der Waals surface area contributed by atoms with Gasteiger partial charge in [0.25, 0.3) is 0 Å². The van der Waals surface area contributed by atoms with Crippen LogP contribution >= 0.6 is 11.8 Å². The van der Waals surface area contributed by atoms with E-state index in [2.05, 4.69) is 21.4 Å². The number of thioether (sulfide) groups is 1. The standard InChI is InChI=1S/C18H28N2O2S2/c1-15-3-2-4-17(11-15)14-24(21,22)19-12-16-5-8-20(9-6-16)18-7-10-23-13-18/h2-4,11,16,18-19H,5-10,12-14H2,1H3. The van der Waals surface area contributed by atoms with Crippen LogP contribution in [0, 0.1) is 12.8 Å². The van der Waals surface area contributed by atoms with Gasteiger partial charge >= 0.3 is 0 Å². The van der Waals surface area contributed by atoms with E-state index in [0.717, 1.165) is 43.1 Å². The van der Waals surface area contributed by atoms with Gasteiger partial charge in [0, 0.05) is 18.3 Å². The van der Waals surface area contributed by atoms with Crippen LogP contribution in [-0.4, -0.2) is 50.5 Å². The van der Waals surface area contributed by atoms with E-state index < -0.39 is 10.0 Å². The second kappa shape index (κ2) is 8.21. The van der Waals surface area contributed by atoms with Gasteiger partial charge in [0.1, 0.15) is 0 Å². The maximum Gasteiger partial charge on any atom is 0.215 e. The summed E-state index contributed by atoms with van der Waals surface area (Å²) in [7, 11) is -3.25. The molecule has 1 unspecified atom stereocenters. The van der Waals surface area contributed by atoms with Crippen LogP contribution in [0.25, 0.3) is 0 Å². The van der Waals surface area contributed by atoms with Crippen LogP contribution < -0.4 is 4.72 Å². The largest absolute Gasteiger partial charge is 0.300 e. The van der Waals surface area contributed by atoms with Crippen molar-refractivity contribution in [2.75, 3.05) is 31.1 Å². The Kier molecular flexibility index (Phi) is 6.24.